The minimum atomic E-state index is -4.64. The summed E-state index contributed by atoms with van der Waals surface area (Å²) in [6.45, 7) is 9.83. The number of allylic oxidation sites excluding steroid dienone is 1. The van der Waals surface area contributed by atoms with Crippen molar-refractivity contribution in [3.63, 3.8) is 0 Å². The number of benzene rings is 1. The van der Waals surface area contributed by atoms with E-state index in [0.717, 1.165) is 6.26 Å². The van der Waals surface area contributed by atoms with Gasteiger partial charge in [0, 0.05) is 43.3 Å². The summed E-state index contributed by atoms with van der Waals surface area (Å²) in [4.78, 5) is 11.9. The number of aliphatic hydroxyl groups is 1. The first-order valence-electron chi connectivity index (χ1n) is 10.8. The van der Waals surface area contributed by atoms with E-state index in [4.69, 9.17) is 0 Å². The van der Waals surface area contributed by atoms with Gasteiger partial charge in [0.2, 0.25) is 5.95 Å². The molecule has 1 atom stereocenters. The largest absolute Gasteiger partial charge is 0.434 e. The molecule has 2 heterocycles. The molecule has 1 N–H and O–H groups in total. The second-order valence-electron chi connectivity index (χ2n) is 8.88. The standard InChI is InChI=1S/C23H29F3N4O3S/c1-14(2)18-11-27-22(28-21(18)23(24,25)26)30-9-8-29(12-19(30)15(3)4)17-7-6-16(13-31)20(10-17)34(5,32)33/h6-7,10-11,15,19,31H,1,8-9,12-13H2,2-5H3/t19-/m0/s1. The van der Waals surface area contributed by atoms with Gasteiger partial charge in [0.25, 0.3) is 0 Å². The summed E-state index contributed by atoms with van der Waals surface area (Å²) in [6, 6.07) is 4.64. The third-order valence-electron chi connectivity index (χ3n) is 5.94. The first-order chi connectivity index (χ1) is 15.7. The zero-order chi connectivity index (χ0) is 25.4. The Morgan fingerprint density at radius 3 is 2.50 bits per heavy atom. The molecule has 7 nitrogen and oxygen atoms in total. The molecule has 1 aromatic heterocycles. The van der Waals surface area contributed by atoms with E-state index in [1.807, 2.05) is 18.7 Å². The molecule has 1 aliphatic heterocycles. The number of aliphatic hydroxyl groups excluding tert-OH is 1. The quantitative estimate of drug-likeness (QED) is 0.649. The third kappa shape index (κ3) is 5.35. The normalized spacial score (nSPS) is 17.4. The zero-order valence-electron chi connectivity index (χ0n) is 19.6. The SMILES string of the molecule is C=C(C)c1cnc(N2CCN(c3ccc(CO)c(S(C)(=O)=O)c3)C[C@H]2C(C)C)nc1C(F)(F)F. The molecule has 1 aromatic carbocycles. The second kappa shape index (κ2) is 9.53. The number of alkyl halides is 3. The van der Waals surface area contributed by atoms with Gasteiger partial charge in [-0.3, -0.25) is 0 Å². The number of anilines is 2. The lowest BCUT2D eigenvalue weighted by Crippen LogP contribution is -2.56. The lowest BCUT2D eigenvalue weighted by molar-refractivity contribution is -0.141. The van der Waals surface area contributed by atoms with Crippen LogP contribution in [0.2, 0.25) is 0 Å². The van der Waals surface area contributed by atoms with Crippen LogP contribution in [0.4, 0.5) is 24.8 Å². The van der Waals surface area contributed by atoms with Crippen molar-refractivity contribution in [2.24, 2.45) is 5.92 Å². The van der Waals surface area contributed by atoms with E-state index in [2.05, 4.69) is 16.5 Å². The Morgan fingerprint density at radius 2 is 1.97 bits per heavy atom. The van der Waals surface area contributed by atoms with Crippen LogP contribution in [0.3, 0.4) is 0 Å². The summed E-state index contributed by atoms with van der Waals surface area (Å²) in [5.41, 5.74) is 0.0751. The molecule has 1 saturated heterocycles. The summed E-state index contributed by atoms with van der Waals surface area (Å²) in [6.07, 6.45) is -2.38. The van der Waals surface area contributed by atoms with Crippen LogP contribution in [-0.2, 0) is 22.6 Å². The average molecular weight is 499 g/mol. The zero-order valence-corrected chi connectivity index (χ0v) is 20.4. The van der Waals surface area contributed by atoms with Gasteiger partial charge in [-0.15, -0.1) is 0 Å². The molecule has 2 aromatic rings. The van der Waals surface area contributed by atoms with E-state index in [-0.39, 0.29) is 33.9 Å². The van der Waals surface area contributed by atoms with E-state index in [1.165, 1.54) is 19.2 Å². The number of halogens is 3. The maximum absolute atomic E-state index is 13.7. The fourth-order valence-corrected chi connectivity index (χ4v) is 5.06. The van der Waals surface area contributed by atoms with E-state index in [1.54, 1.807) is 17.0 Å². The highest BCUT2D eigenvalue weighted by molar-refractivity contribution is 7.90. The molecular formula is C23H29F3N4O3S. The first-order valence-corrected chi connectivity index (χ1v) is 12.7. The number of piperazine rings is 1. The van der Waals surface area contributed by atoms with Crippen LogP contribution in [0.5, 0.6) is 0 Å². The van der Waals surface area contributed by atoms with Gasteiger partial charge < -0.3 is 14.9 Å². The maximum atomic E-state index is 13.7. The van der Waals surface area contributed by atoms with Gasteiger partial charge in [-0.1, -0.05) is 26.5 Å². The lowest BCUT2D eigenvalue weighted by atomic mass is 9.99. The molecule has 34 heavy (non-hydrogen) atoms. The van der Waals surface area contributed by atoms with E-state index >= 15 is 0 Å². The van der Waals surface area contributed by atoms with Crippen molar-refractivity contribution in [3.8, 4) is 0 Å². The Bertz CT molecular complexity index is 1180. The molecule has 3 rings (SSSR count). The van der Waals surface area contributed by atoms with Crippen LogP contribution in [0, 0.1) is 5.92 Å². The molecule has 0 unspecified atom stereocenters. The fourth-order valence-electron chi connectivity index (χ4n) is 4.12. The molecule has 0 bridgehead atoms. The van der Waals surface area contributed by atoms with Crippen LogP contribution in [0.1, 0.15) is 37.6 Å². The minimum absolute atomic E-state index is 0.00290. The van der Waals surface area contributed by atoms with Crippen molar-refractivity contribution in [1.82, 2.24) is 9.97 Å². The monoisotopic (exact) mass is 498 g/mol. The van der Waals surface area contributed by atoms with Gasteiger partial charge in [0.1, 0.15) is 0 Å². The van der Waals surface area contributed by atoms with Crippen molar-refractivity contribution in [1.29, 1.82) is 0 Å². The van der Waals surface area contributed by atoms with Gasteiger partial charge in [-0.2, -0.15) is 13.2 Å². The molecule has 0 radical (unpaired) electrons. The predicted octanol–water partition coefficient (Wildman–Crippen LogP) is 3.78. The van der Waals surface area contributed by atoms with Gasteiger partial charge in [-0.05, 0) is 36.1 Å². The van der Waals surface area contributed by atoms with Crippen LogP contribution in [0.15, 0.2) is 35.9 Å². The van der Waals surface area contributed by atoms with Crippen molar-refractivity contribution < 1.29 is 26.7 Å². The predicted molar refractivity (Wildman–Crippen MR) is 125 cm³/mol. The van der Waals surface area contributed by atoms with E-state index in [9.17, 15) is 26.7 Å². The molecule has 186 valence electrons. The Hall–Kier alpha value is -2.66. The van der Waals surface area contributed by atoms with Crippen molar-refractivity contribution >= 4 is 27.0 Å². The second-order valence-corrected chi connectivity index (χ2v) is 10.9. The fraction of sp³-hybridized carbons (Fsp3) is 0.478. The van der Waals surface area contributed by atoms with Crippen LogP contribution in [-0.4, -0.2) is 55.4 Å². The highest BCUT2D eigenvalue weighted by atomic mass is 32.2. The van der Waals surface area contributed by atoms with Crippen molar-refractivity contribution in [2.45, 2.75) is 44.5 Å². The van der Waals surface area contributed by atoms with Crippen LogP contribution < -0.4 is 9.80 Å². The smallest absolute Gasteiger partial charge is 0.392 e. The van der Waals surface area contributed by atoms with Gasteiger partial charge in [0.05, 0.1) is 17.5 Å². The van der Waals surface area contributed by atoms with E-state index < -0.39 is 28.3 Å². The van der Waals surface area contributed by atoms with Gasteiger partial charge in [-0.25, -0.2) is 18.4 Å². The number of hydrogen-bond donors (Lipinski definition) is 1. The summed E-state index contributed by atoms with van der Waals surface area (Å²) in [5.74, 6) is 0.0516. The average Bonchev–Trinajstić information content (AvgIpc) is 2.76. The van der Waals surface area contributed by atoms with Crippen LogP contribution in [0.25, 0.3) is 5.57 Å². The van der Waals surface area contributed by atoms with Gasteiger partial charge >= 0.3 is 6.18 Å². The number of nitrogens with zero attached hydrogens (tertiary/aromatic N) is 4. The topological polar surface area (TPSA) is 86.6 Å². The summed E-state index contributed by atoms with van der Waals surface area (Å²) in [5, 5.41) is 9.51. The molecule has 0 spiro atoms. The third-order valence-corrected chi connectivity index (χ3v) is 7.11. The lowest BCUT2D eigenvalue weighted by Gasteiger charge is -2.44. The van der Waals surface area contributed by atoms with Crippen LogP contribution >= 0.6 is 0 Å². The Labute approximate surface area is 197 Å². The minimum Gasteiger partial charge on any atom is -0.392 e. The van der Waals surface area contributed by atoms with E-state index in [0.29, 0.717) is 30.9 Å². The molecule has 0 aliphatic carbocycles. The molecule has 1 aliphatic rings. The molecule has 0 saturated carbocycles. The number of hydrogen-bond acceptors (Lipinski definition) is 7. The molecule has 0 amide bonds. The maximum Gasteiger partial charge on any atom is 0.434 e. The Morgan fingerprint density at radius 1 is 1.29 bits per heavy atom. The highest BCUT2D eigenvalue weighted by Crippen LogP contribution is 2.35. The number of aromatic nitrogens is 2. The molecular weight excluding hydrogens is 469 g/mol. The Kier molecular flexibility index (Phi) is 7.28. The number of sulfone groups is 1. The highest BCUT2D eigenvalue weighted by Gasteiger charge is 2.38. The summed E-state index contributed by atoms with van der Waals surface area (Å²) >= 11 is 0. The van der Waals surface area contributed by atoms with Gasteiger partial charge in [0.15, 0.2) is 15.5 Å². The first kappa shape index (κ1) is 26.0. The summed E-state index contributed by atoms with van der Waals surface area (Å²) in [7, 11) is -3.55. The molecule has 1 fully saturated rings. The number of rotatable bonds is 6. The summed E-state index contributed by atoms with van der Waals surface area (Å²) < 4.78 is 65.4. The Balaban J connectivity index is 1.96. The van der Waals surface area contributed by atoms with Crippen molar-refractivity contribution in [3.05, 3.63) is 47.8 Å². The molecule has 11 heteroatoms. The van der Waals surface area contributed by atoms with Crippen molar-refractivity contribution in [2.75, 3.05) is 35.7 Å².